The number of carbonyl (C=O) groups is 1. The van der Waals surface area contributed by atoms with E-state index in [1.807, 2.05) is 0 Å². The Bertz CT molecular complexity index is 799. The molecule has 8 heteroatoms. The minimum absolute atomic E-state index is 0.0798. The van der Waals surface area contributed by atoms with E-state index >= 15 is 0 Å². The fourth-order valence-corrected chi connectivity index (χ4v) is 2.18. The summed E-state index contributed by atoms with van der Waals surface area (Å²) in [6.07, 6.45) is 2.80. The third-order valence-corrected chi connectivity index (χ3v) is 3.20. The molecule has 3 aromatic rings. The zero-order valence-electron chi connectivity index (χ0n) is 10.6. The molecule has 2 aromatic heterocycles. The monoisotopic (exact) mass is 305 g/mol. The van der Waals surface area contributed by atoms with Crippen molar-refractivity contribution in [3.05, 3.63) is 47.3 Å². The predicted octanol–water partition coefficient (Wildman–Crippen LogP) is 2.44. The van der Waals surface area contributed by atoms with Crippen molar-refractivity contribution in [1.29, 1.82) is 0 Å². The molecule has 1 aromatic carbocycles. The summed E-state index contributed by atoms with van der Waals surface area (Å²) in [5.74, 6) is -0.702. The van der Waals surface area contributed by atoms with Gasteiger partial charge in [-0.05, 0) is 12.1 Å². The van der Waals surface area contributed by atoms with E-state index in [9.17, 15) is 9.18 Å². The Morgan fingerprint density at radius 1 is 1.33 bits per heavy atom. The molecular formula is C13H9ClFN5O. The van der Waals surface area contributed by atoms with Crippen molar-refractivity contribution in [2.45, 2.75) is 0 Å². The molecule has 0 aliphatic heterocycles. The Morgan fingerprint density at radius 3 is 3.00 bits per heavy atom. The number of rotatable bonds is 4. The van der Waals surface area contributed by atoms with Crippen LogP contribution in [-0.2, 0) is 0 Å². The third-order valence-electron chi connectivity index (χ3n) is 2.88. The summed E-state index contributed by atoms with van der Waals surface area (Å²) in [7, 11) is 0. The predicted molar refractivity (Wildman–Crippen MR) is 75.9 cm³/mol. The molecule has 106 valence electrons. The van der Waals surface area contributed by atoms with Crippen LogP contribution < -0.4 is 5.32 Å². The smallest absolute Gasteiger partial charge is 0.186 e. The van der Waals surface area contributed by atoms with Gasteiger partial charge >= 0.3 is 0 Å². The minimum atomic E-state index is -0.649. The van der Waals surface area contributed by atoms with Gasteiger partial charge < -0.3 is 10.3 Å². The summed E-state index contributed by atoms with van der Waals surface area (Å²) in [5, 5.41) is 2.91. The topological polar surface area (TPSA) is 83.6 Å². The fraction of sp³-hybridized carbons (Fsp3) is 0.0769. The summed E-state index contributed by atoms with van der Waals surface area (Å²) < 4.78 is 13.7. The number of aromatic amines is 1. The van der Waals surface area contributed by atoms with Gasteiger partial charge in [0.2, 0.25) is 0 Å². The number of fused-ring (bicyclic) bond motifs is 1. The van der Waals surface area contributed by atoms with Crippen molar-refractivity contribution >= 4 is 34.4 Å². The Labute approximate surface area is 123 Å². The quantitative estimate of drug-likeness (QED) is 0.723. The molecule has 0 aliphatic rings. The van der Waals surface area contributed by atoms with Gasteiger partial charge in [0.1, 0.15) is 17.7 Å². The molecule has 0 saturated heterocycles. The van der Waals surface area contributed by atoms with E-state index in [0.717, 1.165) is 0 Å². The average Bonchev–Trinajstić information content (AvgIpc) is 2.93. The maximum absolute atomic E-state index is 13.7. The van der Waals surface area contributed by atoms with Crippen molar-refractivity contribution in [1.82, 2.24) is 19.9 Å². The Morgan fingerprint density at radius 2 is 2.19 bits per heavy atom. The van der Waals surface area contributed by atoms with Crippen LogP contribution in [0.25, 0.3) is 11.2 Å². The van der Waals surface area contributed by atoms with Gasteiger partial charge in [0.15, 0.2) is 17.2 Å². The zero-order valence-corrected chi connectivity index (χ0v) is 11.4. The molecule has 3 rings (SSSR count). The van der Waals surface area contributed by atoms with Crippen molar-refractivity contribution in [2.24, 2.45) is 0 Å². The first-order chi connectivity index (χ1) is 10.2. The van der Waals surface area contributed by atoms with Gasteiger partial charge in [-0.3, -0.25) is 4.79 Å². The number of H-pyrrole nitrogens is 1. The van der Waals surface area contributed by atoms with Gasteiger partial charge in [0, 0.05) is 0 Å². The number of nitrogens with one attached hydrogen (secondary N) is 2. The molecule has 0 fully saturated rings. The molecule has 0 amide bonds. The highest BCUT2D eigenvalue weighted by molar-refractivity contribution is 6.34. The average molecular weight is 306 g/mol. The van der Waals surface area contributed by atoms with Gasteiger partial charge in [-0.2, -0.15) is 0 Å². The third kappa shape index (κ3) is 2.55. The van der Waals surface area contributed by atoms with Crippen molar-refractivity contribution in [3.8, 4) is 0 Å². The molecule has 21 heavy (non-hydrogen) atoms. The highest BCUT2D eigenvalue weighted by atomic mass is 35.5. The molecule has 0 atom stereocenters. The second kappa shape index (κ2) is 5.45. The lowest BCUT2D eigenvalue weighted by Gasteiger charge is -2.07. The first-order valence-corrected chi connectivity index (χ1v) is 6.40. The van der Waals surface area contributed by atoms with Gasteiger partial charge in [-0.25, -0.2) is 19.3 Å². The number of halogens is 2. The lowest BCUT2D eigenvalue weighted by Crippen LogP contribution is -2.17. The number of anilines is 1. The molecule has 2 N–H and O–H groups in total. The number of hydrogen-bond acceptors (Lipinski definition) is 5. The molecular weight excluding hydrogens is 297 g/mol. The molecule has 0 radical (unpaired) electrons. The maximum Gasteiger partial charge on any atom is 0.186 e. The minimum Gasteiger partial charge on any atom is -0.361 e. The molecule has 0 aliphatic carbocycles. The summed E-state index contributed by atoms with van der Waals surface area (Å²) in [6, 6.07) is 4.10. The fourth-order valence-electron chi connectivity index (χ4n) is 1.92. The van der Waals surface area contributed by atoms with Crippen molar-refractivity contribution < 1.29 is 9.18 Å². The van der Waals surface area contributed by atoms with Crippen LogP contribution in [0.4, 0.5) is 10.2 Å². The highest BCUT2D eigenvalue weighted by Gasteiger charge is 2.16. The summed E-state index contributed by atoms with van der Waals surface area (Å²) in [5.41, 5.74) is 0.912. The molecule has 0 saturated carbocycles. The standard InChI is InChI=1S/C13H9ClFN5O/c14-7-2-1-3-8(15)10(7)9(21)4-16-12-11-13(18-5-17-11)20-6-19-12/h1-3,5-6H,4H2,(H2,16,17,18,19,20). The van der Waals surface area contributed by atoms with Crippen LogP contribution in [-0.4, -0.2) is 32.3 Å². The van der Waals surface area contributed by atoms with Crippen molar-refractivity contribution in [3.63, 3.8) is 0 Å². The molecule has 6 nitrogen and oxygen atoms in total. The van der Waals surface area contributed by atoms with Crippen LogP contribution in [0, 0.1) is 5.82 Å². The SMILES string of the molecule is O=C(CNc1ncnc2nc[nH]c12)c1c(F)cccc1Cl. The molecule has 2 heterocycles. The lowest BCUT2D eigenvalue weighted by molar-refractivity contribution is 0.100. The van der Waals surface area contributed by atoms with Crippen LogP contribution >= 0.6 is 11.6 Å². The van der Waals surface area contributed by atoms with E-state index in [0.29, 0.717) is 17.0 Å². The molecule has 0 spiro atoms. The Hall–Kier alpha value is -2.54. The number of imidazole rings is 1. The normalized spacial score (nSPS) is 10.8. The number of ketones is 1. The zero-order chi connectivity index (χ0) is 14.8. The van der Waals surface area contributed by atoms with Gasteiger partial charge in [0.05, 0.1) is 23.5 Å². The number of Topliss-reactive ketones (excluding diaryl/α,β-unsaturated/α-hetero) is 1. The van der Waals surface area contributed by atoms with Crippen LogP contribution in [0.15, 0.2) is 30.9 Å². The van der Waals surface area contributed by atoms with E-state index in [1.165, 1.54) is 30.9 Å². The molecule has 0 unspecified atom stereocenters. The number of aromatic nitrogens is 4. The van der Waals surface area contributed by atoms with Gasteiger partial charge in [-0.15, -0.1) is 0 Å². The van der Waals surface area contributed by atoms with E-state index < -0.39 is 11.6 Å². The molecule has 0 bridgehead atoms. The van der Waals surface area contributed by atoms with Gasteiger partial charge in [-0.1, -0.05) is 17.7 Å². The summed E-state index contributed by atoms with van der Waals surface area (Å²) in [6.45, 7) is -0.147. The van der Waals surface area contributed by atoms with Crippen LogP contribution in [0.2, 0.25) is 5.02 Å². The number of carbonyl (C=O) groups excluding carboxylic acids is 1. The Balaban J connectivity index is 1.82. The highest BCUT2D eigenvalue weighted by Crippen LogP contribution is 2.20. The van der Waals surface area contributed by atoms with Crippen LogP contribution in [0.5, 0.6) is 0 Å². The van der Waals surface area contributed by atoms with Crippen LogP contribution in [0.3, 0.4) is 0 Å². The van der Waals surface area contributed by atoms with E-state index in [2.05, 4.69) is 25.3 Å². The van der Waals surface area contributed by atoms with Gasteiger partial charge in [0.25, 0.3) is 0 Å². The first kappa shape index (κ1) is 13.4. The summed E-state index contributed by atoms with van der Waals surface area (Å²) >= 11 is 5.85. The number of hydrogen-bond donors (Lipinski definition) is 2. The lowest BCUT2D eigenvalue weighted by atomic mass is 10.1. The first-order valence-electron chi connectivity index (χ1n) is 6.02. The number of nitrogens with zero attached hydrogens (tertiary/aromatic N) is 3. The van der Waals surface area contributed by atoms with Crippen molar-refractivity contribution in [2.75, 3.05) is 11.9 Å². The maximum atomic E-state index is 13.7. The second-order valence-corrected chi connectivity index (χ2v) is 4.60. The summed E-state index contributed by atoms with van der Waals surface area (Å²) in [4.78, 5) is 26.9. The van der Waals surface area contributed by atoms with E-state index in [4.69, 9.17) is 11.6 Å². The Kier molecular flexibility index (Phi) is 3.49. The van der Waals surface area contributed by atoms with E-state index in [1.54, 1.807) is 0 Å². The van der Waals surface area contributed by atoms with Crippen LogP contribution in [0.1, 0.15) is 10.4 Å². The number of benzene rings is 1. The second-order valence-electron chi connectivity index (χ2n) is 4.20. The largest absolute Gasteiger partial charge is 0.361 e. The van der Waals surface area contributed by atoms with E-state index in [-0.39, 0.29) is 17.1 Å².